The predicted octanol–water partition coefficient (Wildman–Crippen LogP) is 4.45. The SMILES string of the molecule is CCCN1C(=O)C(O)(c2ccc3ccccc3c2)c2c(C)cc(C)cc21. The molecule has 3 nitrogen and oxygen atoms in total. The third-order valence-corrected chi connectivity index (χ3v) is 5.28. The largest absolute Gasteiger partial charge is 0.372 e. The van der Waals surface area contributed by atoms with Gasteiger partial charge in [0, 0.05) is 12.1 Å². The zero-order valence-corrected chi connectivity index (χ0v) is 15.4. The molecule has 0 fully saturated rings. The Kier molecular flexibility index (Phi) is 3.85. The van der Waals surface area contributed by atoms with Crippen LogP contribution in [0.2, 0.25) is 0 Å². The van der Waals surface area contributed by atoms with Crippen molar-refractivity contribution < 1.29 is 9.90 Å². The van der Waals surface area contributed by atoms with E-state index in [2.05, 4.69) is 0 Å². The van der Waals surface area contributed by atoms with Crippen molar-refractivity contribution in [2.45, 2.75) is 32.8 Å². The molecule has 0 aromatic heterocycles. The highest BCUT2D eigenvalue weighted by molar-refractivity contribution is 6.10. The molecule has 0 aliphatic carbocycles. The standard InChI is InChI=1S/C23H23NO2/c1-4-11-24-20-13-15(2)12-16(3)21(20)23(26,22(24)25)19-10-9-17-7-5-6-8-18(17)14-19/h5-10,12-14,26H,4,11H2,1-3H3. The van der Waals surface area contributed by atoms with E-state index in [1.54, 1.807) is 4.90 Å². The van der Waals surface area contributed by atoms with E-state index < -0.39 is 5.60 Å². The molecule has 1 heterocycles. The fourth-order valence-electron chi connectivity index (χ4n) is 4.17. The minimum Gasteiger partial charge on any atom is -0.372 e. The van der Waals surface area contributed by atoms with Crippen LogP contribution in [0.5, 0.6) is 0 Å². The summed E-state index contributed by atoms with van der Waals surface area (Å²) >= 11 is 0. The molecule has 26 heavy (non-hydrogen) atoms. The van der Waals surface area contributed by atoms with Crippen molar-refractivity contribution in [1.82, 2.24) is 0 Å². The normalized spacial score (nSPS) is 19.2. The van der Waals surface area contributed by atoms with Crippen LogP contribution in [-0.2, 0) is 10.4 Å². The van der Waals surface area contributed by atoms with Crippen molar-refractivity contribution in [2.24, 2.45) is 0 Å². The van der Waals surface area contributed by atoms with E-state index in [-0.39, 0.29) is 5.91 Å². The van der Waals surface area contributed by atoms with E-state index in [1.165, 1.54) is 0 Å². The van der Waals surface area contributed by atoms with E-state index in [0.29, 0.717) is 12.1 Å². The molecule has 1 aliphatic rings. The van der Waals surface area contributed by atoms with Gasteiger partial charge in [-0.25, -0.2) is 0 Å². The Morgan fingerprint density at radius 3 is 2.46 bits per heavy atom. The first kappa shape index (κ1) is 16.8. The highest BCUT2D eigenvalue weighted by Gasteiger charge is 2.51. The molecule has 3 aromatic carbocycles. The van der Waals surface area contributed by atoms with E-state index in [9.17, 15) is 9.90 Å². The molecular weight excluding hydrogens is 322 g/mol. The maximum Gasteiger partial charge on any atom is 0.268 e. The van der Waals surface area contributed by atoms with Gasteiger partial charge < -0.3 is 10.0 Å². The highest BCUT2D eigenvalue weighted by Crippen LogP contribution is 2.47. The van der Waals surface area contributed by atoms with Crippen molar-refractivity contribution in [2.75, 3.05) is 11.4 Å². The van der Waals surface area contributed by atoms with E-state index in [0.717, 1.165) is 39.6 Å². The lowest BCUT2D eigenvalue weighted by Gasteiger charge is -2.25. The molecule has 3 heteroatoms. The summed E-state index contributed by atoms with van der Waals surface area (Å²) in [4.78, 5) is 15.1. The van der Waals surface area contributed by atoms with E-state index in [4.69, 9.17) is 0 Å². The van der Waals surface area contributed by atoms with Crippen molar-refractivity contribution in [3.63, 3.8) is 0 Å². The van der Waals surface area contributed by atoms with Gasteiger partial charge in [-0.05, 0) is 59.9 Å². The molecule has 1 amide bonds. The van der Waals surface area contributed by atoms with Crippen LogP contribution in [0, 0.1) is 13.8 Å². The lowest BCUT2D eigenvalue weighted by molar-refractivity contribution is -0.132. The molecule has 0 saturated heterocycles. The van der Waals surface area contributed by atoms with E-state index in [1.807, 2.05) is 75.4 Å². The first-order chi connectivity index (χ1) is 12.5. The summed E-state index contributed by atoms with van der Waals surface area (Å²) in [6, 6.07) is 17.8. The van der Waals surface area contributed by atoms with Gasteiger partial charge in [0.2, 0.25) is 0 Å². The lowest BCUT2D eigenvalue weighted by atomic mass is 9.83. The van der Waals surface area contributed by atoms with Crippen LogP contribution in [0.3, 0.4) is 0 Å². The monoisotopic (exact) mass is 345 g/mol. The van der Waals surface area contributed by atoms with Gasteiger partial charge in [0.05, 0.1) is 5.69 Å². The van der Waals surface area contributed by atoms with Crippen molar-refractivity contribution in [3.05, 3.63) is 76.9 Å². The topological polar surface area (TPSA) is 40.5 Å². The summed E-state index contributed by atoms with van der Waals surface area (Å²) in [5, 5.41) is 13.8. The number of benzene rings is 3. The summed E-state index contributed by atoms with van der Waals surface area (Å²) in [6.07, 6.45) is 0.839. The fourth-order valence-corrected chi connectivity index (χ4v) is 4.17. The molecule has 1 atom stereocenters. The summed E-state index contributed by atoms with van der Waals surface area (Å²) in [5.41, 5.74) is 2.60. The van der Waals surface area contributed by atoms with Crippen molar-refractivity contribution in [3.8, 4) is 0 Å². The van der Waals surface area contributed by atoms with Gasteiger partial charge in [-0.1, -0.05) is 49.4 Å². The minimum absolute atomic E-state index is 0.252. The molecular formula is C23H23NO2. The third kappa shape index (κ3) is 2.27. The number of aliphatic hydroxyl groups is 1. The number of carbonyl (C=O) groups excluding carboxylic acids is 1. The van der Waals surface area contributed by atoms with Gasteiger partial charge in [0.15, 0.2) is 5.60 Å². The summed E-state index contributed by atoms with van der Waals surface area (Å²) in [7, 11) is 0. The average Bonchev–Trinajstić information content (AvgIpc) is 2.84. The molecule has 3 aromatic rings. The second-order valence-corrected chi connectivity index (χ2v) is 7.21. The number of anilines is 1. The molecule has 132 valence electrons. The smallest absolute Gasteiger partial charge is 0.268 e. The van der Waals surface area contributed by atoms with Gasteiger partial charge in [-0.2, -0.15) is 0 Å². The van der Waals surface area contributed by atoms with Crippen molar-refractivity contribution >= 4 is 22.4 Å². The second kappa shape index (κ2) is 5.96. The van der Waals surface area contributed by atoms with Gasteiger partial charge in [0.1, 0.15) is 0 Å². The molecule has 0 bridgehead atoms. The minimum atomic E-state index is -1.63. The van der Waals surface area contributed by atoms with Gasteiger partial charge in [-0.3, -0.25) is 4.79 Å². The second-order valence-electron chi connectivity index (χ2n) is 7.21. The average molecular weight is 345 g/mol. The Balaban J connectivity index is 1.98. The first-order valence-electron chi connectivity index (χ1n) is 9.12. The third-order valence-electron chi connectivity index (χ3n) is 5.28. The molecule has 0 radical (unpaired) electrons. The first-order valence-corrected chi connectivity index (χ1v) is 9.12. The summed E-state index contributed by atoms with van der Waals surface area (Å²) in [6.45, 7) is 6.64. The van der Waals surface area contributed by atoms with Crippen LogP contribution in [0.15, 0.2) is 54.6 Å². The molecule has 0 spiro atoms. The Morgan fingerprint density at radius 2 is 1.73 bits per heavy atom. The number of hydrogen-bond donors (Lipinski definition) is 1. The molecule has 4 rings (SSSR count). The lowest BCUT2D eigenvalue weighted by Crippen LogP contribution is -2.41. The zero-order valence-electron chi connectivity index (χ0n) is 15.4. The number of carbonyl (C=O) groups is 1. The van der Waals surface area contributed by atoms with Crippen LogP contribution < -0.4 is 4.90 Å². The quantitative estimate of drug-likeness (QED) is 0.762. The predicted molar refractivity (Wildman–Crippen MR) is 106 cm³/mol. The van der Waals surface area contributed by atoms with Gasteiger partial charge >= 0.3 is 0 Å². The van der Waals surface area contributed by atoms with Gasteiger partial charge in [-0.15, -0.1) is 0 Å². The van der Waals surface area contributed by atoms with Crippen LogP contribution in [0.25, 0.3) is 10.8 Å². The van der Waals surface area contributed by atoms with E-state index >= 15 is 0 Å². The van der Waals surface area contributed by atoms with Gasteiger partial charge in [0.25, 0.3) is 5.91 Å². The maximum atomic E-state index is 13.4. The van der Waals surface area contributed by atoms with Crippen LogP contribution in [0.4, 0.5) is 5.69 Å². The van der Waals surface area contributed by atoms with Crippen LogP contribution in [-0.4, -0.2) is 17.6 Å². The molecule has 1 aliphatic heterocycles. The Morgan fingerprint density at radius 1 is 1.00 bits per heavy atom. The number of aryl methyl sites for hydroxylation is 2. The number of amides is 1. The Bertz CT molecular complexity index is 1020. The number of nitrogens with zero attached hydrogens (tertiary/aromatic N) is 1. The highest BCUT2D eigenvalue weighted by atomic mass is 16.3. The number of hydrogen-bond acceptors (Lipinski definition) is 2. The Hall–Kier alpha value is -2.65. The summed E-state index contributed by atoms with van der Waals surface area (Å²) in [5.74, 6) is -0.252. The maximum absolute atomic E-state index is 13.4. The number of fused-ring (bicyclic) bond motifs is 2. The molecule has 1 N–H and O–H groups in total. The van der Waals surface area contributed by atoms with Crippen LogP contribution in [0.1, 0.15) is 35.6 Å². The van der Waals surface area contributed by atoms with Crippen LogP contribution >= 0.6 is 0 Å². The van der Waals surface area contributed by atoms with Crippen molar-refractivity contribution in [1.29, 1.82) is 0 Å². The molecule has 0 saturated carbocycles. The Labute approximate surface area is 153 Å². The fraction of sp³-hybridized carbons (Fsp3) is 0.261. The summed E-state index contributed by atoms with van der Waals surface area (Å²) < 4.78 is 0. The number of rotatable bonds is 3. The molecule has 1 unspecified atom stereocenters. The zero-order chi connectivity index (χ0) is 18.5.